The van der Waals surface area contributed by atoms with Crippen molar-refractivity contribution in [1.29, 1.82) is 0 Å². The SMILES string of the molecule is CC1C(N)CC(=O)N1C(=O)OC(C)(C)C. The number of carbonyl (C=O) groups is 2. The Bertz CT molecular complexity index is 283. The van der Waals surface area contributed by atoms with Crippen LogP contribution in [0.25, 0.3) is 0 Å². The van der Waals surface area contributed by atoms with Gasteiger partial charge in [0.1, 0.15) is 5.60 Å². The molecule has 0 aromatic carbocycles. The highest BCUT2D eigenvalue weighted by molar-refractivity contribution is 5.94. The first-order valence-corrected chi connectivity index (χ1v) is 5.03. The molecule has 1 heterocycles. The standard InChI is InChI=1S/C10H18N2O3/c1-6-7(11)5-8(13)12(6)9(14)15-10(2,3)4/h6-7H,5,11H2,1-4H3. The van der Waals surface area contributed by atoms with Gasteiger partial charge in [-0.05, 0) is 27.7 Å². The van der Waals surface area contributed by atoms with Crippen LogP contribution in [0.3, 0.4) is 0 Å². The Balaban J connectivity index is 2.72. The van der Waals surface area contributed by atoms with E-state index in [1.54, 1.807) is 27.7 Å². The van der Waals surface area contributed by atoms with Gasteiger partial charge in [-0.1, -0.05) is 0 Å². The highest BCUT2D eigenvalue weighted by Gasteiger charge is 2.40. The van der Waals surface area contributed by atoms with Crippen molar-refractivity contribution in [2.75, 3.05) is 0 Å². The number of imide groups is 1. The summed E-state index contributed by atoms with van der Waals surface area (Å²) in [6, 6.07) is -0.572. The molecule has 0 spiro atoms. The molecule has 15 heavy (non-hydrogen) atoms. The average molecular weight is 214 g/mol. The zero-order valence-corrected chi connectivity index (χ0v) is 9.61. The van der Waals surface area contributed by atoms with Gasteiger partial charge in [-0.2, -0.15) is 0 Å². The molecule has 2 unspecified atom stereocenters. The lowest BCUT2D eigenvalue weighted by atomic mass is 10.2. The molecule has 5 nitrogen and oxygen atoms in total. The van der Waals surface area contributed by atoms with Gasteiger partial charge in [0.25, 0.3) is 0 Å². The van der Waals surface area contributed by atoms with Crippen molar-refractivity contribution in [3.63, 3.8) is 0 Å². The molecule has 86 valence electrons. The highest BCUT2D eigenvalue weighted by Crippen LogP contribution is 2.20. The fourth-order valence-electron chi connectivity index (χ4n) is 1.47. The van der Waals surface area contributed by atoms with Crippen LogP contribution in [0.5, 0.6) is 0 Å². The maximum atomic E-state index is 11.7. The molecule has 1 saturated heterocycles. The van der Waals surface area contributed by atoms with E-state index in [0.717, 1.165) is 4.90 Å². The minimum absolute atomic E-state index is 0.209. The van der Waals surface area contributed by atoms with Crippen LogP contribution in [-0.2, 0) is 9.53 Å². The van der Waals surface area contributed by atoms with Gasteiger partial charge in [-0.25, -0.2) is 9.69 Å². The average Bonchev–Trinajstić information content (AvgIpc) is 2.22. The van der Waals surface area contributed by atoms with E-state index in [1.165, 1.54) is 0 Å². The molecule has 0 aromatic heterocycles. The molecule has 0 bridgehead atoms. The molecule has 0 aromatic rings. The molecule has 1 fully saturated rings. The van der Waals surface area contributed by atoms with E-state index in [2.05, 4.69) is 0 Å². The normalized spacial score (nSPS) is 27.0. The van der Waals surface area contributed by atoms with Crippen molar-refractivity contribution in [3.8, 4) is 0 Å². The number of nitrogens with zero attached hydrogens (tertiary/aromatic N) is 1. The van der Waals surface area contributed by atoms with Gasteiger partial charge >= 0.3 is 6.09 Å². The van der Waals surface area contributed by atoms with E-state index in [4.69, 9.17) is 10.5 Å². The summed E-state index contributed by atoms with van der Waals surface area (Å²) in [4.78, 5) is 24.2. The third kappa shape index (κ3) is 2.68. The zero-order chi connectivity index (χ0) is 11.8. The second-order valence-electron chi connectivity index (χ2n) is 4.85. The van der Waals surface area contributed by atoms with Crippen LogP contribution in [0.15, 0.2) is 0 Å². The van der Waals surface area contributed by atoms with Crippen LogP contribution in [-0.4, -0.2) is 34.6 Å². The Morgan fingerprint density at radius 1 is 1.53 bits per heavy atom. The Morgan fingerprint density at radius 2 is 2.07 bits per heavy atom. The summed E-state index contributed by atoms with van der Waals surface area (Å²) in [5.41, 5.74) is 5.10. The number of hydrogen-bond acceptors (Lipinski definition) is 4. The summed E-state index contributed by atoms with van der Waals surface area (Å²) in [6.07, 6.45) is -0.395. The number of ether oxygens (including phenoxy) is 1. The maximum Gasteiger partial charge on any atom is 0.417 e. The number of rotatable bonds is 0. The van der Waals surface area contributed by atoms with Crippen molar-refractivity contribution < 1.29 is 14.3 Å². The van der Waals surface area contributed by atoms with Crippen molar-refractivity contribution >= 4 is 12.0 Å². The number of nitrogens with two attached hydrogens (primary N) is 1. The molecular weight excluding hydrogens is 196 g/mol. The fraction of sp³-hybridized carbons (Fsp3) is 0.800. The third-order valence-electron chi connectivity index (χ3n) is 2.30. The van der Waals surface area contributed by atoms with Gasteiger partial charge in [0, 0.05) is 12.5 Å². The van der Waals surface area contributed by atoms with Crippen LogP contribution in [0.2, 0.25) is 0 Å². The van der Waals surface area contributed by atoms with Gasteiger partial charge in [-0.3, -0.25) is 4.79 Å². The van der Waals surface area contributed by atoms with Crippen LogP contribution in [0, 0.1) is 0 Å². The van der Waals surface area contributed by atoms with Crippen LogP contribution in [0.4, 0.5) is 4.79 Å². The summed E-state index contributed by atoms with van der Waals surface area (Å²) in [6.45, 7) is 7.03. The Morgan fingerprint density at radius 3 is 2.40 bits per heavy atom. The van der Waals surface area contributed by atoms with E-state index in [0.29, 0.717) is 0 Å². The van der Waals surface area contributed by atoms with Crippen molar-refractivity contribution in [1.82, 2.24) is 4.90 Å². The number of amides is 2. The van der Waals surface area contributed by atoms with Crippen molar-refractivity contribution in [2.45, 2.75) is 51.8 Å². The monoisotopic (exact) mass is 214 g/mol. The molecule has 2 amide bonds. The predicted octanol–water partition coefficient (Wildman–Crippen LogP) is 0.870. The first-order chi connectivity index (χ1) is 6.72. The van der Waals surface area contributed by atoms with Crippen LogP contribution >= 0.6 is 0 Å². The van der Waals surface area contributed by atoms with E-state index in [1.807, 2.05) is 0 Å². The fourth-order valence-corrected chi connectivity index (χ4v) is 1.47. The van der Waals surface area contributed by atoms with Crippen LogP contribution in [0.1, 0.15) is 34.1 Å². The first-order valence-electron chi connectivity index (χ1n) is 5.03. The lowest BCUT2D eigenvalue weighted by Gasteiger charge is -2.26. The summed E-state index contributed by atoms with van der Waals surface area (Å²) in [5, 5.41) is 0. The second-order valence-corrected chi connectivity index (χ2v) is 4.85. The van der Waals surface area contributed by atoms with Gasteiger partial charge < -0.3 is 10.5 Å². The smallest absolute Gasteiger partial charge is 0.417 e. The molecule has 1 aliphatic heterocycles. The second kappa shape index (κ2) is 3.81. The topological polar surface area (TPSA) is 72.6 Å². The number of hydrogen-bond donors (Lipinski definition) is 1. The summed E-state index contributed by atoms with van der Waals surface area (Å²) in [7, 11) is 0. The Labute approximate surface area is 89.6 Å². The van der Waals surface area contributed by atoms with Crippen LogP contribution < -0.4 is 5.73 Å². The maximum absolute atomic E-state index is 11.7. The molecule has 5 heteroatoms. The van der Waals surface area contributed by atoms with Gasteiger partial charge in [0.2, 0.25) is 5.91 Å². The quantitative estimate of drug-likeness (QED) is 0.649. The first kappa shape index (κ1) is 12.0. The van der Waals surface area contributed by atoms with E-state index < -0.39 is 11.7 Å². The summed E-state index contributed by atoms with van der Waals surface area (Å²) in [5.74, 6) is -0.260. The lowest BCUT2D eigenvalue weighted by Crippen LogP contribution is -2.44. The van der Waals surface area contributed by atoms with E-state index >= 15 is 0 Å². The van der Waals surface area contributed by atoms with Gasteiger partial charge in [0.05, 0.1) is 6.04 Å². The Hall–Kier alpha value is -1.10. The molecule has 2 atom stereocenters. The van der Waals surface area contributed by atoms with E-state index in [9.17, 15) is 9.59 Å². The molecule has 2 N–H and O–H groups in total. The van der Waals surface area contributed by atoms with Gasteiger partial charge in [-0.15, -0.1) is 0 Å². The molecule has 1 rings (SSSR count). The zero-order valence-electron chi connectivity index (χ0n) is 9.61. The molecule has 0 radical (unpaired) electrons. The number of carbonyl (C=O) groups excluding carboxylic acids is 2. The lowest BCUT2D eigenvalue weighted by molar-refractivity contribution is -0.127. The van der Waals surface area contributed by atoms with E-state index in [-0.39, 0.29) is 24.4 Å². The highest BCUT2D eigenvalue weighted by atomic mass is 16.6. The summed E-state index contributed by atoms with van der Waals surface area (Å²) >= 11 is 0. The van der Waals surface area contributed by atoms with Crippen molar-refractivity contribution in [3.05, 3.63) is 0 Å². The largest absolute Gasteiger partial charge is 0.443 e. The summed E-state index contributed by atoms with van der Waals surface area (Å²) < 4.78 is 5.12. The third-order valence-corrected chi connectivity index (χ3v) is 2.30. The molecule has 0 aliphatic carbocycles. The minimum Gasteiger partial charge on any atom is -0.443 e. The number of likely N-dealkylation sites (tertiary alicyclic amines) is 1. The molecule has 0 saturated carbocycles. The predicted molar refractivity (Wildman–Crippen MR) is 55.1 cm³/mol. The Kier molecular flexibility index (Phi) is 3.04. The van der Waals surface area contributed by atoms with Crippen molar-refractivity contribution in [2.24, 2.45) is 5.73 Å². The molecular formula is C10H18N2O3. The molecule has 1 aliphatic rings. The minimum atomic E-state index is -0.604. The van der Waals surface area contributed by atoms with Gasteiger partial charge in [0.15, 0.2) is 0 Å².